The van der Waals surface area contributed by atoms with Gasteiger partial charge in [0.2, 0.25) is 0 Å². The van der Waals surface area contributed by atoms with E-state index in [4.69, 9.17) is 16.3 Å². The number of carbonyl (C=O) groups excluding carboxylic acids is 1. The van der Waals surface area contributed by atoms with E-state index in [9.17, 15) is 4.79 Å². The summed E-state index contributed by atoms with van der Waals surface area (Å²) in [5, 5.41) is 5.69. The van der Waals surface area contributed by atoms with Crippen LogP contribution in [0.25, 0.3) is 0 Å². The molecule has 2 aromatic rings. The minimum absolute atomic E-state index is 0.397. The van der Waals surface area contributed by atoms with E-state index in [1.165, 1.54) is 19.6 Å². The first-order chi connectivity index (χ1) is 9.19. The SMILES string of the molecule is COc1ccc(Cl)cc1NC(=O)Nc1ccncn1. The van der Waals surface area contributed by atoms with Crippen LogP contribution in [0.5, 0.6) is 5.75 Å². The number of rotatable bonds is 3. The van der Waals surface area contributed by atoms with Gasteiger partial charge >= 0.3 is 6.03 Å². The average molecular weight is 279 g/mol. The van der Waals surface area contributed by atoms with Crippen molar-refractivity contribution >= 4 is 29.1 Å². The largest absolute Gasteiger partial charge is 0.495 e. The highest BCUT2D eigenvalue weighted by Gasteiger charge is 2.08. The van der Waals surface area contributed by atoms with Crippen molar-refractivity contribution in [3.8, 4) is 5.75 Å². The predicted molar refractivity (Wildman–Crippen MR) is 72.7 cm³/mol. The summed E-state index contributed by atoms with van der Waals surface area (Å²) >= 11 is 5.87. The molecule has 0 saturated carbocycles. The van der Waals surface area contributed by atoms with E-state index in [2.05, 4.69) is 20.6 Å². The van der Waals surface area contributed by atoms with Gasteiger partial charge in [-0.2, -0.15) is 0 Å². The van der Waals surface area contributed by atoms with Gasteiger partial charge in [-0.25, -0.2) is 14.8 Å². The molecule has 2 amide bonds. The van der Waals surface area contributed by atoms with Crippen LogP contribution < -0.4 is 15.4 Å². The number of hydrogen-bond acceptors (Lipinski definition) is 4. The first-order valence-corrected chi connectivity index (χ1v) is 5.74. The van der Waals surface area contributed by atoms with Gasteiger partial charge in [0.1, 0.15) is 17.9 Å². The highest BCUT2D eigenvalue weighted by Crippen LogP contribution is 2.27. The number of anilines is 2. The van der Waals surface area contributed by atoms with Crippen molar-refractivity contribution in [3.05, 3.63) is 41.8 Å². The maximum Gasteiger partial charge on any atom is 0.324 e. The van der Waals surface area contributed by atoms with Crippen LogP contribution >= 0.6 is 11.6 Å². The second-order valence-electron chi connectivity index (χ2n) is 3.52. The number of aromatic nitrogens is 2. The minimum atomic E-state index is -0.445. The summed E-state index contributed by atoms with van der Waals surface area (Å²) < 4.78 is 5.12. The molecule has 2 N–H and O–H groups in total. The monoisotopic (exact) mass is 278 g/mol. The number of amides is 2. The Morgan fingerprint density at radius 2 is 2.16 bits per heavy atom. The van der Waals surface area contributed by atoms with Gasteiger partial charge < -0.3 is 10.1 Å². The Morgan fingerprint density at radius 1 is 1.32 bits per heavy atom. The van der Waals surface area contributed by atoms with Crippen LogP contribution in [-0.2, 0) is 0 Å². The molecule has 2 rings (SSSR count). The Morgan fingerprint density at radius 3 is 2.84 bits per heavy atom. The van der Waals surface area contributed by atoms with E-state index in [0.29, 0.717) is 22.3 Å². The van der Waals surface area contributed by atoms with Crippen molar-refractivity contribution in [1.29, 1.82) is 0 Å². The number of benzene rings is 1. The van der Waals surface area contributed by atoms with Crippen molar-refractivity contribution < 1.29 is 9.53 Å². The third-order valence-corrected chi connectivity index (χ3v) is 2.47. The molecule has 0 fully saturated rings. The zero-order chi connectivity index (χ0) is 13.7. The maximum atomic E-state index is 11.8. The molecule has 1 aromatic carbocycles. The van der Waals surface area contributed by atoms with E-state index in [0.717, 1.165) is 0 Å². The number of nitrogens with one attached hydrogen (secondary N) is 2. The van der Waals surface area contributed by atoms with Crippen LogP contribution in [0.15, 0.2) is 36.8 Å². The van der Waals surface area contributed by atoms with Crippen LogP contribution in [-0.4, -0.2) is 23.1 Å². The third-order valence-electron chi connectivity index (χ3n) is 2.23. The normalized spacial score (nSPS) is 9.79. The Labute approximate surface area is 114 Å². The molecule has 0 spiro atoms. The molecular weight excluding hydrogens is 268 g/mol. The number of methoxy groups -OCH3 is 1. The molecule has 0 aliphatic carbocycles. The molecule has 19 heavy (non-hydrogen) atoms. The highest BCUT2D eigenvalue weighted by molar-refractivity contribution is 6.31. The van der Waals surface area contributed by atoms with Gasteiger partial charge in [0.15, 0.2) is 0 Å². The summed E-state index contributed by atoms with van der Waals surface area (Å²) in [5.74, 6) is 0.913. The van der Waals surface area contributed by atoms with Gasteiger partial charge in [0, 0.05) is 11.2 Å². The molecule has 0 bridgehead atoms. The van der Waals surface area contributed by atoms with E-state index >= 15 is 0 Å². The second-order valence-corrected chi connectivity index (χ2v) is 3.95. The van der Waals surface area contributed by atoms with Crippen molar-refractivity contribution in [2.24, 2.45) is 0 Å². The van der Waals surface area contributed by atoms with E-state index in [-0.39, 0.29) is 0 Å². The molecule has 0 atom stereocenters. The lowest BCUT2D eigenvalue weighted by molar-refractivity contribution is 0.262. The van der Waals surface area contributed by atoms with E-state index in [1.54, 1.807) is 24.3 Å². The van der Waals surface area contributed by atoms with Crippen molar-refractivity contribution in [2.75, 3.05) is 17.7 Å². The molecule has 0 radical (unpaired) electrons. The topological polar surface area (TPSA) is 76.1 Å². The maximum absolute atomic E-state index is 11.8. The molecule has 0 saturated heterocycles. The molecule has 1 heterocycles. The molecule has 6 nitrogen and oxygen atoms in total. The lowest BCUT2D eigenvalue weighted by atomic mass is 10.3. The quantitative estimate of drug-likeness (QED) is 0.905. The van der Waals surface area contributed by atoms with Crippen LogP contribution in [0.2, 0.25) is 5.02 Å². The fraction of sp³-hybridized carbons (Fsp3) is 0.0833. The van der Waals surface area contributed by atoms with Crippen LogP contribution in [0, 0.1) is 0 Å². The van der Waals surface area contributed by atoms with Crippen molar-refractivity contribution in [1.82, 2.24) is 9.97 Å². The number of halogens is 1. The summed E-state index contributed by atoms with van der Waals surface area (Å²) in [6.07, 6.45) is 2.87. The second kappa shape index (κ2) is 6.01. The first kappa shape index (κ1) is 13.1. The van der Waals surface area contributed by atoms with Gasteiger partial charge in [0.05, 0.1) is 12.8 Å². The van der Waals surface area contributed by atoms with Crippen LogP contribution in [0.3, 0.4) is 0 Å². The molecule has 7 heteroatoms. The van der Waals surface area contributed by atoms with Gasteiger partial charge in [-0.3, -0.25) is 5.32 Å². The summed E-state index contributed by atoms with van der Waals surface area (Å²) in [5.41, 5.74) is 0.474. The molecular formula is C12H11ClN4O2. The summed E-state index contributed by atoms with van der Waals surface area (Å²) in [4.78, 5) is 19.4. The zero-order valence-corrected chi connectivity index (χ0v) is 10.8. The number of ether oxygens (including phenoxy) is 1. The van der Waals surface area contributed by atoms with Crippen molar-refractivity contribution in [3.63, 3.8) is 0 Å². The Kier molecular flexibility index (Phi) is 4.15. The summed E-state index contributed by atoms with van der Waals surface area (Å²) in [7, 11) is 1.51. The average Bonchev–Trinajstić information content (AvgIpc) is 2.40. The molecule has 0 unspecified atom stereocenters. The van der Waals surface area contributed by atoms with Crippen molar-refractivity contribution in [2.45, 2.75) is 0 Å². The van der Waals surface area contributed by atoms with Crippen LogP contribution in [0.4, 0.5) is 16.3 Å². The van der Waals surface area contributed by atoms with Gasteiger partial charge in [-0.1, -0.05) is 11.6 Å². The standard InChI is InChI=1S/C12H11ClN4O2/c1-19-10-3-2-8(13)6-9(10)16-12(18)17-11-4-5-14-7-15-11/h2-7H,1H3,(H2,14,15,16,17,18). The lowest BCUT2D eigenvalue weighted by Crippen LogP contribution is -2.20. The first-order valence-electron chi connectivity index (χ1n) is 5.36. The number of hydrogen-bond donors (Lipinski definition) is 2. The third kappa shape index (κ3) is 3.56. The fourth-order valence-electron chi connectivity index (χ4n) is 1.41. The molecule has 0 aliphatic heterocycles. The number of carbonyl (C=O) groups is 1. The molecule has 98 valence electrons. The summed E-state index contributed by atoms with van der Waals surface area (Å²) in [6, 6.07) is 6.07. The summed E-state index contributed by atoms with van der Waals surface area (Å²) in [6.45, 7) is 0. The van der Waals surface area contributed by atoms with Gasteiger partial charge in [-0.05, 0) is 24.3 Å². The lowest BCUT2D eigenvalue weighted by Gasteiger charge is -2.11. The predicted octanol–water partition coefficient (Wildman–Crippen LogP) is 2.78. The minimum Gasteiger partial charge on any atom is -0.495 e. The number of urea groups is 1. The smallest absolute Gasteiger partial charge is 0.324 e. The Balaban J connectivity index is 2.09. The number of nitrogens with zero attached hydrogens (tertiary/aromatic N) is 2. The van der Waals surface area contributed by atoms with E-state index in [1.807, 2.05) is 0 Å². The van der Waals surface area contributed by atoms with Gasteiger partial charge in [0.25, 0.3) is 0 Å². The Bertz CT molecular complexity index is 577. The fourth-order valence-corrected chi connectivity index (χ4v) is 1.58. The highest BCUT2D eigenvalue weighted by atomic mass is 35.5. The van der Waals surface area contributed by atoms with Crippen LogP contribution in [0.1, 0.15) is 0 Å². The van der Waals surface area contributed by atoms with E-state index < -0.39 is 6.03 Å². The Hall–Kier alpha value is -2.34. The molecule has 1 aromatic heterocycles. The molecule has 0 aliphatic rings. The van der Waals surface area contributed by atoms with Gasteiger partial charge in [-0.15, -0.1) is 0 Å². The zero-order valence-electron chi connectivity index (χ0n) is 10.1.